The van der Waals surface area contributed by atoms with Gasteiger partial charge in [-0.1, -0.05) is 97.9 Å². The molecule has 1 atom stereocenters. The molecule has 1 aliphatic rings. The Kier molecular flexibility index (Phi) is 9.19. The fourth-order valence-electron chi connectivity index (χ4n) is 5.62. The average molecular weight is 451 g/mol. The van der Waals surface area contributed by atoms with Gasteiger partial charge in [-0.05, 0) is 110 Å². The largest absolute Gasteiger partial charge is 0.0917 e. The minimum atomic E-state index is 0.567. The van der Waals surface area contributed by atoms with Gasteiger partial charge in [0.2, 0.25) is 0 Å². The number of rotatable bonds is 10. The Bertz CT molecular complexity index is 986. The second kappa shape index (κ2) is 12.7. The van der Waals surface area contributed by atoms with E-state index in [9.17, 15) is 0 Å². The molecule has 0 radical (unpaired) electrons. The van der Waals surface area contributed by atoms with Gasteiger partial charge in [-0.25, -0.2) is 0 Å². The van der Waals surface area contributed by atoms with Crippen LogP contribution in [0.5, 0.6) is 0 Å². The second-order valence-corrected chi connectivity index (χ2v) is 10.4. The van der Waals surface area contributed by atoms with Crippen molar-refractivity contribution in [3.8, 4) is 0 Å². The van der Waals surface area contributed by atoms with Crippen LogP contribution in [-0.2, 0) is 19.3 Å². The molecule has 0 aliphatic heterocycles. The Morgan fingerprint density at radius 1 is 0.735 bits per heavy atom. The van der Waals surface area contributed by atoms with Crippen LogP contribution in [0, 0.1) is 5.92 Å². The summed E-state index contributed by atoms with van der Waals surface area (Å²) in [6.45, 7) is 4.44. The molecule has 0 aromatic heterocycles. The highest BCUT2D eigenvalue weighted by atomic mass is 14.3. The molecule has 1 saturated carbocycles. The third-order valence-electron chi connectivity index (χ3n) is 7.91. The minimum absolute atomic E-state index is 0.567. The zero-order chi connectivity index (χ0) is 23.6. The Labute approximate surface area is 208 Å². The highest BCUT2D eigenvalue weighted by Gasteiger charge is 2.22. The van der Waals surface area contributed by atoms with Crippen LogP contribution in [-0.4, -0.2) is 0 Å². The third-order valence-corrected chi connectivity index (χ3v) is 7.91. The molecule has 1 aliphatic carbocycles. The van der Waals surface area contributed by atoms with Crippen molar-refractivity contribution < 1.29 is 0 Å². The van der Waals surface area contributed by atoms with Crippen LogP contribution in [0.15, 0.2) is 91.0 Å². The molecule has 4 rings (SSSR count). The van der Waals surface area contributed by atoms with Gasteiger partial charge >= 0.3 is 0 Å². The van der Waals surface area contributed by atoms with Crippen LogP contribution < -0.4 is 0 Å². The quantitative estimate of drug-likeness (QED) is 0.270. The Morgan fingerprint density at radius 2 is 1.35 bits per heavy atom. The van der Waals surface area contributed by atoms with E-state index in [0.717, 1.165) is 31.1 Å². The molecule has 3 aromatic carbocycles. The van der Waals surface area contributed by atoms with Crippen molar-refractivity contribution in [2.45, 2.75) is 83.5 Å². The van der Waals surface area contributed by atoms with E-state index in [-0.39, 0.29) is 0 Å². The highest BCUT2D eigenvalue weighted by Crippen LogP contribution is 2.37. The molecule has 0 unspecified atom stereocenters. The first-order chi connectivity index (χ1) is 16.7. The van der Waals surface area contributed by atoms with Crippen molar-refractivity contribution in [1.29, 1.82) is 0 Å². The Balaban J connectivity index is 1.20. The number of benzene rings is 3. The summed E-state index contributed by atoms with van der Waals surface area (Å²) in [4.78, 5) is 0. The number of hydrogen-bond acceptors (Lipinski definition) is 0. The fourth-order valence-corrected chi connectivity index (χ4v) is 5.62. The molecule has 3 aromatic rings. The molecule has 0 heterocycles. The molecule has 0 amide bonds. The summed E-state index contributed by atoms with van der Waals surface area (Å²) in [5.41, 5.74) is 7.43. The second-order valence-electron chi connectivity index (χ2n) is 10.4. The van der Waals surface area contributed by atoms with E-state index < -0.39 is 0 Å². The SMILES string of the molecule is C/C=C/CCc1ccc(CCC2CCC(c3ccc(C[C@@H](C)c4ccccc4)cc3)CC2)cc1. The minimum Gasteiger partial charge on any atom is -0.0917 e. The predicted octanol–water partition coefficient (Wildman–Crippen LogP) is 9.45. The summed E-state index contributed by atoms with van der Waals surface area (Å²) < 4.78 is 0. The predicted molar refractivity (Wildman–Crippen MR) is 148 cm³/mol. The van der Waals surface area contributed by atoms with Crippen LogP contribution in [0.4, 0.5) is 0 Å². The lowest BCUT2D eigenvalue weighted by molar-refractivity contribution is 0.310. The smallest absolute Gasteiger partial charge is 0.0150 e. The molecular weight excluding hydrogens is 408 g/mol. The van der Waals surface area contributed by atoms with E-state index in [1.165, 1.54) is 60.8 Å². The standard InChI is InChI=1S/C34H42/c1-3-4-6-9-28-12-14-29(15-13-28)16-17-30-18-22-33(23-19-30)34-24-20-31(21-25-34)26-27(2)32-10-7-5-8-11-32/h3-5,7-8,10-15,20-21,24-25,27,30,33H,6,9,16-19,22-23,26H2,1-2H3/b4-3+/t27-,30?,33?/m1/s1. The number of allylic oxidation sites excluding steroid dienone is 2. The Hall–Kier alpha value is -2.60. The van der Waals surface area contributed by atoms with Gasteiger partial charge in [0.15, 0.2) is 0 Å². The Morgan fingerprint density at radius 3 is 2.00 bits per heavy atom. The van der Waals surface area contributed by atoms with Crippen molar-refractivity contribution in [1.82, 2.24) is 0 Å². The van der Waals surface area contributed by atoms with E-state index in [4.69, 9.17) is 0 Å². The van der Waals surface area contributed by atoms with Gasteiger partial charge in [-0.3, -0.25) is 0 Å². The summed E-state index contributed by atoms with van der Waals surface area (Å²) >= 11 is 0. The summed E-state index contributed by atoms with van der Waals surface area (Å²) in [6, 6.07) is 29.9. The lowest BCUT2D eigenvalue weighted by Gasteiger charge is -2.29. The first-order valence-electron chi connectivity index (χ1n) is 13.5. The van der Waals surface area contributed by atoms with Gasteiger partial charge < -0.3 is 0 Å². The molecule has 0 bridgehead atoms. The van der Waals surface area contributed by atoms with Crippen LogP contribution >= 0.6 is 0 Å². The summed E-state index contributed by atoms with van der Waals surface area (Å²) in [5.74, 6) is 2.22. The van der Waals surface area contributed by atoms with Crippen molar-refractivity contribution in [3.63, 3.8) is 0 Å². The van der Waals surface area contributed by atoms with Crippen molar-refractivity contribution in [2.24, 2.45) is 5.92 Å². The van der Waals surface area contributed by atoms with Crippen molar-refractivity contribution in [3.05, 3.63) is 119 Å². The lowest BCUT2D eigenvalue weighted by atomic mass is 9.76. The number of hydrogen-bond donors (Lipinski definition) is 0. The van der Waals surface area contributed by atoms with E-state index >= 15 is 0 Å². The molecule has 0 heteroatoms. The maximum Gasteiger partial charge on any atom is -0.0150 e. The topological polar surface area (TPSA) is 0 Å². The van der Waals surface area contributed by atoms with Crippen LogP contribution in [0.25, 0.3) is 0 Å². The zero-order valence-electron chi connectivity index (χ0n) is 21.3. The highest BCUT2D eigenvalue weighted by molar-refractivity contribution is 5.29. The van der Waals surface area contributed by atoms with E-state index in [2.05, 4.69) is 105 Å². The molecule has 34 heavy (non-hydrogen) atoms. The van der Waals surface area contributed by atoms with Gasteiger partial charge in [-0.2, -0.15) is 0 Å². The van der Waals surface area contributed by atoms with Crippen LogP contribution in [0.1, 0.15) is 92.0 Å². The van der Waals surface area contributed by atoms with Gasteiger partial charge in [-0.15, -0.1) is 0 Å². The maximum atomic E-state index is 2.41. The van der Waals surface area contributed by atoms with Crippen molar-refractivity contribution in [2.75, 3.05) is 0 Å². The van der Waals surface area contributed by atoms with Crippen molar-refractivity contribution >= 4 is 0 Å². The summed E-state index contributed by atoms with van der Waals surface area (Å²) in [5, 5.41) is 0. The van der Waals surface area contributed by atoms with E-state index in [1.807, 2.05) is 0 Å². The number of aryl methyl sites for hydroxylation is 2. The third kappa shape index (κ3) is 7.20. The fraction of sp³-hybridized carbons (Fsp3) is 0.412. The summed E-state index contributed by atoms with van der Waals surface area (Å²) in [7, 11) is 0. The maximum absolute atomic E-state index is 2.41. The zero-order valence-corrected chi connectivity index (χ0v) is 21.3. The van der Waals surface area contributed by atoms with E-state index in [0.29, 0.717) is 5.92 Å². The molecule has 178 valence electrons. The normalized spacial score (nSPS) is 19.4. The van der Waals surface area contributed by atoms with E-state index in [1.54, 1.807) is 5.56 Å². The van der Waals surface area contributed by atoms with Gasteiger partial charge in [0.25, 0.3) is 0 Å². The first-order valence-corrected chi connectivity index (χ1v) is 13.5. The first kappa shape index (κ1) is 24.5. The molecule has 0 saturated heterocycles. The van der Waals surface area contributed by atoms with Crippen LogP contribution in [0.3, 0.4) is 0 Å². The molecule has 0 N–H and O–H groups in total. The van der Waals surface area contributed by atoms with Gasteiger partial charge in [0, 0.05) is 0 Å². The summed E-state index contributed by atoms with van der Waals surface area (Å²) in [6.07, 6.45) is 15.9. The molecular formula is C34H42. The van der Waals surface area contributed by atoms with Crippen LogP contribution in [0.2, 0.25) is 0 Å². The molecule has 0 nitrogen and oxygen atoms in total. The lowest BCUT2D eigenvalue weighted by Crippen LogP contribution is -2.14. The van der Waals surface area contributed by atoms with Gasteiger partial charge in [0.05, 0.1) is 0 Å². The van der Waals surface area contributed by atoms with Gasteiger partial charge in [0.1, 0.15) is 0 Å². The molecule has 1 fully saturated rings. The average Bonchev–Trinajstić information content (AvgIpc) is 2.90. The monoisotopic (exact) mass is 450 g/mol. The molecule has 0 spiro atoms.